The number of methoxy groups -OCH3 is 1. The third-order valence-electron chi connectivity index (χ3n) is 3.18. The summed E-state index contributed by atoms with van der Waals surface area (Å²) in [5.41, 5.74) is 5.05. The standard InChI is InChI=1S/C13H20N4O/c1-17-13-6-4-3-5-11(13)12(16-17)9-10(15-14)7-8-18-2/h3-6,10,15H,7-9,14H2,1-2H3. The summed E-state index contributed by atoms with van der Waals surface area (Å²) in [5.74, 6) is 5.57. The summed E-state index contributed by atoms with van der Waals surface area (Å²) in [7, 11) is 3.66. The second kappa shape index (κ2) is 5.95. The van der Waals surface area contributed by atoms with Crippen LogP contribution in [-0.4, -0.2) is 29.5 Å². The summed E-state index contributed by atoms with van der Waals surface area (Å²) in [5, 5.41) is 5.76. The minimum Gasteiger partial charge on any atom is -0.385 e. The molecule has 0 saturated carbocycles. The molecule has 0 spiro atoms. The van der Waals surface area contributed by atoms with E-state index in [2.05, 4.69) is 22.7 Å². The summed E-state index contributed by atoms with van der Waals surface area (Å²) in [6.45, 7) is 0.694. The van der Waals surface area contributed by atoms with Crippen molar-refractivity contribution in [1.29, 1.82) is 0 Å². The van der Waals surface area contributed by atoms with Gasteiger partial charge in [0.2, 0.25) is 0 Å². The molecular formula is C13H20N4O. The van der Waals surface area contributed by atoms with Gasteiger partial charge in [-0.25, -0.2) is 0 Å². The fourth-order valence-corrected chi connectivity index (χ4v) is 2.18. The highest BCUT2D eigenvalue weighted by atomic mass is 16.5. The van der Waals surface area contributed by atoms with E-state index >= 15 is 0 Å². The number of hydrogen-bond acceptors (Lipinski definition) is 4. The molecule has 0 aliphatic rings. The monoisotopic (exact) mass is 248 g/mol. The van der Waals surface area contributed by atoms with Crippen molar-refractivity contribution < 1.29 is 4.74 Å². The molecule has 1 aromatic carbocycles. The van der Waals surface area contributed by atoms with Crippen molar-refractivity contribution in [3.63, 3.8) is 0 Å². The van der Waals surface area contributed by atoms with Gasteiger partial charge in [0.25, 0.3) is 0 Å². The number of aromatic nitrogens is 2. The van der Waals surface area contributed by atoms with Gasteiger partial charge in [-0.2, -0.15) is 5.10 Å². The van der Waals surface area contributed by atoms with Crippen LogP contribution in [0.4, 0.5) is 0 Å². The van der Waals surface area contributed by atoms with Crippen LogP contribution in [0.15, 0.2) is 24.3 Å². The third-order valence-corrected chi connectivity index (χ3v) is 3.18. The molecule has 1 aromatic heterocycles. The van der Waals surface area contributed by atoms with Crippen LogP contribution in [0.2, 0.25) is 0 Å². The lowest BCUT2D eigenvalue weighted by Gasteiger charge is -2.13. The van der Waals surface area contributed by atoms with Gasteiger partial charge in [0.15, 0.2) is 0 Å². The maximum Gasteiger partial charge on any atom is 0.0719 e. The molecule has 18 heavy (non-hydrogen) atoms. The molecule has 5 nitrogen and oxygen atoms in total. The fraction of sp³-hybridized carbons (Fsp3) is 0.462. The Labute approximate surface area is 107 Å². The number of ether oxygens (including phenoxy) is 1. The van der Waals surface area contributed by atoms with E-state index in [1.165, 1.54) is 5.39 Å². The summed E-state index contributed by atoms with van der Waals surface area (Å²) in [6, 6.07) is 8.42. The highest BCUT2D eigenvalue weighted by Crippen LogP contribution is 2.19. The summed E-state index contributed by atoms with van der Waals surface area (Å²) in [6.07, 6.45) is 1.68. The van der Waals surface area contributed by atoms with Crippen molar-refractivity contribution in [3.8, 4) is 0 Å². The predicted octanol–water partition coefficient (Wildman–Crippen LogP) is 0.984. The lowest BCUT2D eigenvalue weighted by Crippen LogP contribution is -2.37. The van der Waals surface area contributed by atoms with Crippen LogP contribution in [0.1, 0.15) is 12.1 Å². The first kappa shape index (κ1) is 13.0. The van der Waals surface area contributed by atoms with E-state index in [0.717, 1.165) is 24.1 Å². The van der Waals surface area contributed by atoms with E-state index in [9.17, 15) is 0 Å². The zero-order valence-corrected chi connectivity index (χ0v) is 10.9. The Kier molecular flexibility index (Phi) is 4.30. The van der Waals surface area contributed by atoms with Crippen LogP contribution in [0.3, 0.4) is 0 Å². The van der Waals surface area contributed by atoms with Crippen LogP contribution in [-0.2, 0) is 18.2 Å². The molecule has 98 valence electrons. The van der Waals surface area contributed by atoms with Crippen molar-refractivity contribution in [2.24, 2.45) is 12.9 Å². The molecule has 0 bridgehead atoms. The Morgan fingerprint density at radius 3 is 2.94 bits per heavy atom. The van der Waals surface area contributed by atoms with Crippen molar-refractivity contribution in [2.75, 3.05) is 13.7 Å². The average molecular weight is 248 g/mol. The Hall–Kier alpha value is -1.43. The topological polar surface area (TPSA) is 65.1 Å². The molecule has 0 fully saturated rings. The first-order chi connectivity index (χ1) is 8.76. The van der Waals surface area contributed by atoms with E-state index in [-0.39, 0.29) is 6.04 Å². The smallest absolute Gasteiger partial charge is 0.0719 e. The highest BCUT2D eigenvalue weighted by Gasteiger charge is 2.13. The fourth-order valence-electron chi connectivity index (χ4n) is 2.18. The second-order valence-corrected chi connectivity index (χ2v) is 4.44. The van der Waals surface area contributed by atoms with Gasteiger partial charge in [0.1, 0.15) is 0 Å². The normalized spacial score (nSPS) is 13.1. The molecule has 2 rings (SSSR count). The van der Waals surface area contributed by atoms with Crippen molar-refractivity contribution in [1.82, 2.24) is 15.2 Å². The number of nitrogens with one attached hydrogen (secondary N) is 1. The van der Waals surface area contributed by atoms with Crippen LogP contribution >= 0.6 is 0 Å². The van der Waals surface area contributed by atoms with Crippen molar-refractivity contribution in [3.05, 3.63) is 30.0 Å². The van der Waals surface area contributed by atoms with Gasteiger partial charge < -0.3 is 4.74 Å². The van der Waals surface area contributed by atoms with E-state index in [0.29, 0.717) is 6.61 Å². The molecule has 2 aromatic rings. The first-order valence-electron chi connectivity index (χ1n) is 6.12. The Morgan fingerprint density at radius 2 is 2.22 bits per heavy atom. The van der Waals surface area contributed by atoms with Gasteiger partial charge in [-0.15, -0.1) is 0 Å². The lowest BCUT2D eigenvalue weighted by molar-refractivity contribution is 0.182. The number of benzene rings is 1. The zero-order chi connectivity index (χ0) is 13.0. The quantitative estimate of drug-likeness (QED) is 0.591. The molecule has 3 N–H and O–H groups in total. The van der Waals surface area contributed by atoms with Gasteiger partial charge in [0, 0.05) is 38.6 Å². The number of rotatable bonds is 6. The predicted molar refractivity (Wildman–Crippen MR) is 72.0 cm³/mol. The molecule has 0 saturated heterocycles. The lowest BCUT2D eigenvalue weighted by atomic mass is 10.1. The molecule has 1 unspecified atom stereocenters. The molecule has 0 aliphatic carbocycles. The van der Waals surface area contributed by atoms with Gasteiger partial charge in [-0.3, -0.25) is 16.0 Å². The van der Waals surface area contributed by atoms with Gasteiger partial charge >= 0.3 is 0 Å². The zero-order valence-electron chi connectivity index (χ0n) is 10.9. The molecule has 0 amide bonds. The SMILES string of the molecule is COCCC(Cc1nn(C)c2ccccc12)NN. The molecule has 1 heterocycles. The van der Waals surface area contributed by atoms with E-state index in [1.807, 2.05) is 23.9 Å². The van der Waals surface area contributed by atoms with Gasteiger partial charge in [0.05, 0.1) is 11.2 Å². The molecular weight excluding hydrogens is 228 g/mol. The molecule has 0 radical (unpaired) electrons. The molecule has 5 heteroatoms. The minimum atomic E-state index is 0.184. The average Bonchev–Trinajstić information content (AvgIpc) is 2.72. The van der Waals surface area contributed by atoms with Crippen molar-refractivity contribution in [2.45, 2.75) is 18.9 Å². The summed E-state index contributed by atoms with van der Waals surface area (Å²) < 4.78 is 6.99. The van der Waals surface area contributed by atoms with E-state index in [4.69, 9.17) is 10.6 Å². The summed E-state index contributed by atoms with van der Waals surface area (Å²) >= 11 is 0. The number of aryl methyl sites for hydroxylation is 1. The molecule has 0 aliphatic heterocycles. The van der Waals surface area contributed by atoms with Gasteiger partial charge in [-0.1, -0.05) is 18.2 Å². The van der Waals surface area contributed by atoms with E-state index in [1.54, 1.807) is 7.11 Å². The minimum absolute atomic E-state index is 0.184. The van der Waals surface area contributed by atoms with Crippen LogP contribution in [0.5, 0.6) is 0 Å². The number of para-hydroxylation sites is 1. The number of hydrogen-bond donors (Lipinski definition) is 2. The maximum absolute atomic E-state index is 5.57. The first-order valence-corrected chi connectivity index (χ1v) is 6.12. The summed E-state index contributed by atoms with van der Waals surface area (Å²) in [4.78, 5) is 0. The number of hydrazine groups is 1. The highest BCUT2D eigenvalue weighted by molar-refractivity contribution is 5.81. The number of fused-ring (bicyclic) bond motifs is 1. The number of nitrogens with two attached hydrogens (primary N) is 1. The van der Waals surface area contributed by atoms with Crippen LogP contribution in [0.25, 0.3) is 10.9 Å². The van der Waals surface area contributed by atoms with E-state index < -0.39 is 0 Å². The Balaban J connectivity index is 2.20. The Morgan fingerprint density at radius 1 is 1.44 bits per heavy atom. The van der Waals surface area contributed by atoms with Crippen molar-refractivity contribution >= 4 is 10.9 Å². The van der Waals surface area contributed by atoms with Crippen LogP contribution in [0, 0.1) is 0 Å². The maximum atomic E-state index is 5.57. The van der Waals surface area contributed by atoms with Gasteiger partial charge in [-0.05, 0) is 12.5 Å². The Bertz CT molecular complexity index is 509. The largest absolute Gasteiger partial charge is 0.385 e. The number of nitrogens with zero attached hydrogens (tertiary/aromatic N) is 2. The molecule has 1 atom stereocenters. The van der Waals surface area contributed by atoms with Crippen LogP contribution < -0.4 is 11.3 Å². The second-order valence-electron chi connectivity index (χ2n) is 4.44. The third kappa shape index (κ3) is 2.69.